The Morgan fingerprint density at radius 2 is 2.17 bits per heavy atom. The molecule has 6 heteroatoms. The number of amides is 2. The Labute approximate surface area is 119 Å². The number of hydrogen-bond donors (Lipinski definition) is 1. The average Bonchev–Trinajstić information content (AvgIpc) is 2.71. The predicted octanol–water partition coefficient (Wildman–Crippen LogP) is 2.12. The number of thiophene rings is 1. The third kappa shape index (κ3) is 4.62. The van der Waals surface area contributed by atoms with Gasteiger partial charge in [-0.3, -0.25) is 9.59 Å². The van der Waals surface area contributed by atoms with Crippen molar-refractivity contribution in [1.82, 2.24) is 10.2 Å². The summed E-state index contributed by atoms with van der Waals surface area (Å²) in [7, 11) is 3.31. The number of carbonyl (C=O) groups excluding carboxylic acids is 2. The highest BCUT2D eigenvalue weighted by Gasteiger charge is 2.15. The molecule has 0 bridgehead atoms. The van der Waals surface area contributed by atoms with Gasteiger partial charge >= 0.3 is 0 Å². The summed E-state index contributed by atoms with van der Waals surface area (Å²) < 4.78 is 1.01. The summed E-state index contributed by atoms with van der Waals surface area (Å²) in [6.45, 7) is 1.66. The van der Waals surface area contributed by atoms with Gasteiger partial charge in [0.2, 0.25) is 11.8 Å². The van der Waals surface area contributed by atoms with Crippen molar-refractivity contribution >= 4 is 45.2 Å². The van der Waals surface area contributed by atoms with Crippen LogP contribution < -0.4 is 5.32 Å². The van der Waals surface area contributed by atoms with Crippen LogP contribution in [-0.2, 0) is 9.59 Å². The van der Waals surface area contributed by atoms with Gasteiger partial charge in [-0.15, -0.1) is 11.3 Å². The third-order valence-electron chi connectivity index (χ3n) is 2.18. The van der Waals surface area contributed by atoms with Gasteiger partial charge in [-0.1, -0.05) is 0 Å². The molecular formula is C12H15BrN2O2S. The van der Waals surface area contributed by atoms with E-state index in [9.17, 15) is 9.59 Å². The van der Waals surface area contributed by atoms with Crippen molar-refractivity contribution in [3.05, 3.63) is 26.9 Å². The van der Waals surface area contributed by atoms with E-state index in [1.54, 1.807) is 38.4 Å². The molecule has 0 unspecified atom stereocenters. The SMILES string of the molecule is C[C@H](NC(=O)/C=C/c1csc(Br)c1)C(=O)N(C)C. The minimum atomic E-state index is -0.522. The summed E-state index contributed by atoms with van der Waals surface area (Å²) in [5.74, 6) is -0.407. The van der Waals surface area contributed by atoms with Crippen LogP contribution in [0.4, 0.5) is 0 Å². The maximum Gasteiger partial charge on any atom is 0.244 e. The second-order valence-corrected chi connectivity index (χ2v) is 6.27. The standard InChI is InChI=1S/C12H15BrN2O2S/c1-8(12(17)15(2)3)14-11(16)5-4-9-6-10(13)18-7-9/h4-8H,1-3H3,(H,14,16)/b5-4+/t8-/m0/s1. The summed E-state index contributed by atoms with van der Waals surface area (Å²) in [5, 5.41) is 4.55. The Balaban J connectivity index is 2.51. The van der Waals surface area contributed by atoms with E-state index in [1.165, 1.54) is 11.0 Å². The first-order valence-corrected chi connectivity index (χ1v) is 7.01. The van der Waals surface area contributed by atoms with Crippen LogP contribution >= 0.6 is 27.3 Å². The highest BCUT2D eigenvalue weighted by atomic mass is 79.9. The summed E-state index contributed by atoms with van der Waals surface area (Å²) in [6, 6.07) is 1.40. The van der Waals surface area contributed by atoms with E-state index >= 15 is 0 Å². The molecular weight excluding hydrogens is 316 g/mol. The van der Waals surface area contributed by atoms with Crippen LogP contribution in [0.2, 0.25) is 0 Å². The second kappa shape index (κ2) is 6.70. The zero-order valence-electron chi connectivity index (χ0n) is 10.4. The molecule has 0 fully saturated rings. The minimum absolute atomic E-state index is 0.130. The van der Waals surface area contributed by atoms with Crippen molar-refractivity contribution in [2.75, 3.05) is 14.1 Å². The lowest BCUT2D eigenvalue weighted by atomic mass is 10.2. The van der Waals surface area contributed by atoms with E-state index < -0.39 is 6.04 Å². The van der Waals surface area contributed by atoms with Crippen LogP contribution in [0.15, 0.2) is 21.3 Å². The van der Waals surface area contributed by atoms with Gasteiger partial charge < -0.3 is 10.2 Å². The number of nitrogens with zero attached hydrogens (tertiary/aromatic N) is 1. The molecule has 1 rings (SSSR count). The number of hydrogen-bond acceptors (Lipinski definition) is 3. The molecule has 0 saturated heterocycles. The van der Waals surface area contributed by atoms with Crippen LogP contribution in [-0.4, -0.2) is 36.9 Å². The van der Waals surface area contributed by atoms with Gasteiger partial charge in [0, 0.05) is 20.2 Å². The highest BCUT2D eigenvalue weighted by molar-refractivity contribution is 9.11. The summed E-state index contributed by atoms with van der Waals surface area (Å²) in [4.78, 5) is 24.6. The maximum absolute atomic E-state index is 11.6. The van der Waals surface area contributed by atoms with Gasteiger partial charge in [0.15, 0.2) is 0 Å². The van der Waals surface area contributed by atoms with Gasteiger partial charge in [-0.25, -0.2) is 0 Å². The molecule has 0 aromatic carbocycles. The van der Waals surface area contributed by atoms with Gasteiger partial charge in [-0.05, 0) is 45.9 Å². The lowest BCUT2D eigenvalue weighted by Gasteiger charge is -2.16. The first-order chi connectivity index (χ1) is 8.40. The molecule has 1 aromatic rings. The quantitative estimate of drug-likeness (QED) is 0.859. The van der Waals surface area contributed by atoms with Gasteiger partial charge in [0.25, 0.3) is 0 Å². The van der Waals surface area contributed by atoms with Crippen molar-refractivity contribution < 1.29 is 9.59 Å². The molecule has 0 aliphatic rings. The minimum Gasteiger partial charge on any atom is -0.347 e. The molecule has 2 amide bonds. The van der Waals surface area contributed by atoms with Gasteiger partial charge in [0.05, 0.1) is 3.79 Å². The van der Waals surface area contributed by atoms with Crippen molar-refractivity contribution in [3.63, 3.8) is 0 Å². The number of rotatable bonds is 4. The molecule has 4 nitrogen and oxygen atoms in total. The highest BCUT2D eigenvalue weighted by Crippen LogP contribution is 2.21. The molecule has 0 radical (unpaired) electrons. The monoisotopic (exact) mass is 330 g/mol. The Bertz CT molecular complexity index is 468. The smallest absolute Gasteiger partial charge is 0.244 e. The fourth-order valence-electron chi connectivity index (χ4n) is 1.29. The van der Waals surface area contributed by atoms with E-state index in [1.807, 2.05) is 11.4 Å². The van der Waals surface area contributed by atoms with Crippen molar-refractivity contribution in [1.29, 1.82) is 0 Å². The topological polar surface area (TPSA) is 49.4 Å². The fourth-order valence-corrected chi connectivity index (χ4v) is 2.44. The molecule has 1 atom stereocenters. The lowest BCUT2D eigenvalue weighted by molar-refractivity contribution is -0.132. The van der Waals surface area contributed by atoms with Crippen LogP contribution in [0.5, 0.6) is 0 Å². The summed E-state index contributed by atoms with van der Waals surface area (Å²) in [6.07, 6.45) is 3.14. The Morgan fingerprint density at radius 3 is 2.67 bits per heavy atom. The van der Waals surface area contributed by atoms with E-state index in [-0.39, 0.29) is 11.8 Å². The summed E-state index contributed by atoms with van der Waals surface area (Å²) in [5.41, 5.74) is 0.952. The first kappa shape index (κ1) is 14.9. The Hall–Kier alpha value is -1.14. The number of halogens is 1. The summed E-state index contributed by atoms with van der Waals surface area (Å²) >= 11 is 4.90. The van der Waals surface area contributed by atoms with Crippen molar-refractivity contribution in [2.45, 2.75) is 13.0 Å². The van der Waals surface area contributed by atoms with E-state index in [2.05, 4.69) is 21.2 Å². The average molecular weight is 331 g/mol. The molecule has 1 heterocycles. The zero-order chi connectivity index (χ0) is 13.7. The normalized spacial score (nSPS) is 12.4. The molecule has 18 heavy (non-hydrogen) atoms. The third-order valence-corrected chi connectivity index (χ3v) is 3.71. The largest absolute Gasteiger partial charge is 0.347 e. The van der Waals surface area contributed by atoms with Crippen LogP contribution in [0, 0.1) is 0 Å². The van der Waals surface area contributed by atoms with Gasteiger partial charge in [0.1, 0.15) is 6.04 Å². The lowest BCUT2D eigenvalue weighted by Crippen LogP contribution is -2.43. The van der Waals surface area contributed by atoms with E-state index in [0.717, 1.165) is 9.35 Å². The maximum atomic E-state index is 11.6. The van der Waals surface area contributed by atoms with Crippen LogP contribution in [0.25, 0.3) is 6.08 Å². The molecule has 1 N–H and O–H groups in total. The van der Waals surface area contributed by atoms with Gasteiger partial charge in [-0.2, -0.15) is 0 Å². The number of carbonyl (C=O) groups is 2. The van der Waals surface area contributed by atoms with Crippen molar-refractivity contribution in [2.24, 2.45) is 0 Å². The fraction of sp³-hybridized carbons (Fsp3) is 0.333. The Morgan fingerprint density at radius 1 is 1.50 bits per heavy atom. The Kier molecular flexibility index (Phi) is 5.55. The molecule has 0 saturated carbocycles. The molecule has 0 spiro atoms. The predicted molar refractivity (Wildman–Crippen MR) is 77.4 cm³/mol. The van der Waals surface area contributed by atoms with E-state index in [4.69, 9.17) is 0 Å². The first-order valence-electron chi connectivity index (χ1n) is 5.34. The number of nitrogens with one attached hydrogen (secondary N) is 1. The molecule has 0 aliphatic heterocycles. The van der Waals surface area contributed by atoms with Crippen molar-refractivity contribution in [3.8, 4) is 0 Å². The van der Waals surface area contributed by atoms with Crippen LogP contribution in [0.3, 0.4) is 0 Å². The molecule has 0 aliphatic carbocycles. The zero-order valence-corrected chi connectivity index (χ0v) is 12.8. The number of likely N-dealkylation sites (N-methyl/N-ethyl adjacent to an activating group) is 1. The molecule has 1 aromatic heterocycles. The van der Waals surface area contributed by atoms with E-state index in [0.29, 0.717) is 0 Å². The second-order valence-electron chi connectivity index (χ2n) is 3.98. The molecule has 98 valence electrons. The van der Waals surface area contributed by atoms with Crippen LogP contribution in [0.1, 0.15) is 12.5 Å².